The van der Waals surface area contributed by atoms with Gasteiger partial charge in [0, 0.05) is 14.1 Å². The molecular weight excluding hydrogens is 367 g/mol. The molecule has 0 radical (unpaired) electrons. The summed E-state index contributed by atoms with van der Waals surface area (Å²) in [7, 11) is 2.44. The predicted molar refractivity (Wildman–Crippen MR) is 80.3 cm³/mol. The lowest BCUT2D eigenvalue weighted by Gasteiger charge is -2.07. The Morgan fingerprint density at radius 3 is 2.48 bits per heavy atom. The number of amides is 1. The van der Waals surface area contributed by atoms with Crippen LogP contribution in [0.5, 0.6) is 0 Å². The van der Waals surface area contributed by atoms with Crippen LogP contribution in [0.25, 0.3) is 0 Å². The minimum Gasteiger partial charge on any atom is -0.462 e. The molecule has 0 bridgehead atoms. The Hall–Kier alpha value is -2.56. The fourth-order valence-electron chi connectivity index (χ4n) is 2.06. The van der Waals surface area contributed by atoms with Crippen LogP contribution in [-0.4, -0.2) is 38.0 Å². The van der Waals surface area contributed by atoms with Crippen LogP contribution in [0.15, 0.2) is 6.20 Å². The minimum absolute atomic E-state index is 0.0548. The van der Waals surface area contributed by atoms with E-state index in [1.807, 2.05) is 0 Å². The Morgan fingerprint density at radius 1 is 1.32 bits per heavy atom. The first kappa shape index (κ1) is 18.8. The van der Waals surface area contributed by atoms with E-state index in [2.05, 4.69) is 15.5 Å². The van der Waals surface area contributed by atoms with E-state index in [1.54, 1.807) is 6.92 Å². The molecule has 0 saturated heterocycles. The normalized spacial score (nSPS) is 11.5. The monoisotopic (exact) mass is 379 g/mol. The number of carbonyl (C=O) groups is 2. The molecule has 0 aliphatic rings. The van der Waals surface area contributed by atoms with Crippen molar-refractivity contribution in [2.45, 2.75) is 13.1 Å². The largest absolute Gasteiger partial charge is 0.462 e. The second-order valence-electron chi connectivity index (χ2n) is 4.84. The van der Waals surface area contributed by atoms with Gasteiger partial charge in [0.05, 0.1) is 12.8 Å². The molecule has 0 spiro atoms. The maximum absolute atomic E-state index is 12.9. The maximum Gasteiger partial charge on any atom is 0.434 e. The van der Waals surface area contributed by atoms with Crippen molar-refractivity contribution in [1.82, 2.24) is 19.6 Å². The van der Waals surface area contributed by atoms with Crippen molar-refractivity contribution in [1.29, 1.82) is 0 Å². The highest BCUT2D eigenvalue weighted by atomic mass is 35.5. The lowest BCUT2D eigenvalue weighted by molar-refractivity contribution is -0.143. The summed E-state index contributed by atoms with van der Waals surface area (Å²) in [6, 6.07) is 0. The third-order valence-electron chi connectivity index (χ3n) is 3.14. The predicted octanol–water partition coefficient (Wildman–Crippen LogP) is 2.25. The third kappa shape index (κ3) is 3.60. The van der Waals surface area contributed by atoms with Crippen molar-refractivity contribution >= 4 is 29.3 Å². The zero-order valence-corrected chi connectivity index (χ0v) is 14.1. The van der Waals surface area contributed by atoms with Crippen molar-refractivity contribution in [2.24, 2.45) is 14.1 Å². The molecule has 8 nitrogen and oxygen atoms in total. The Bertz CT molecular complexity index is 828. The summed E-state index contributed by atoms with van der Waals surface area (Å²) < 4.78 is 45.2. The molecule has 0 fully saturated rings. The molecule has 2 aromatic heterocycles. The Kier molecular flexibility index (Phi) is 5.07. The van der Waals surface area contributed by atoms with E-state index in [-0.39, 0.29) is 18.0 Å². The van der Waals surface area contributed by atoms with E-state index < -0.39 is 34.5 Å². The summed E-state index contributed by atoms with van der Waals surface area (Å²) in [6.45, 7) is 1.70. The van der Waals surface area contributed by atoms with E-state index in [9.17, 15) is 22.8 Å². The number of nitrogens with zero attached hydrogens (tertiary/aromatic N) is 4. The van der Waals surface area contributed by atoms with Gasteiger partial charge in [-0.05, 0) is 6.92 Å². The molecule has 2 heterocycles. The molecule has 2 aromatic rings. The molecule has 0 atom stereocenters. The molecule has 2 rings (SSSR count). The number of halogens is 4. The average Bonchev–Trinajstić information content (AvgIpc) is 2.99. The quantitative estimate of drug-likeness (QED) is 0.823. The number of aromatic nitrogens is 4. The fourth-order valence-corrected chi connectivity index (χ4v) is 2.41. The van der Waals surface area contributed by atoms with Crippen LogP contribution in [-0.2, 0) is 25.0 Å². The van der Waals surface area contributed by atoms with Gasteiger partial charge in [0.25, 0.3) is 5.91 Å². The summed E-state index contributed by atoms with van der Waals surface area (Å²) in [4.78, 5) is 24.1. The first-order valence-electron chi connectivity index (χ1n) is 6.88. The van der Waals surface area contributed by atoms with Gasteiger partial charge in [0.15, 0.2) is 11.4 Å². The molecule has 0 aliphatic heterocycles. The van der Waals surface area contributed by atoms with Crippen LogP contribution in [0.3, 0.4) is 0 Å². The number of rotatable bonds is 4. The molecule has 0 unspecified atom stereocenters. The number of aryl methyl sites for hydroxylation is 2. The van der Waals surface area contributed by atoms with E-state index in [4.69, 9.17) is 16.3 Å². The van der Waals surface area contributed by atoms with Gasteiger partial charge < -0.3 is 10.1 Å². The summed E-state index contributed by atoms with van der Waals surface area (Å²) in [5.41, 5.74) is -1.94. The van der Waals surface area contributed by atoms with Crippen LogP contribution < -0.4 is 5.32 Å². The molecular formula is C13H13ClF3N5O3. The van der Waals surface area contributed by atoms with Crippen molar-refractivity contribution < 1.29 is 27.5 Å². The number of anilines is 1. The smallest absolute Gasteiger partial charge is 0.434 e. The minimum atomic E-state index is -4.78. The van der Waals surface area contributed by atoms with Crippen LogP contribution >= 0.6 is 11.6 Å². The zero-order valence-electron chi connectivity index (χ0n) is 13.3. The summed E-state index contributed by atoms with van der Waals surface area (Å²) in [6.07, 6.45) is -3.62. The van der Waals surface area contributed by atoms with Gasteiger partial charge in [-0.15, -0.1) is 0 Å². The number of hydrogen-bond donors (Lipinski definition) is 1. The SMILES string of the molecule is CCOC(=O)c1cnn(C)c1NC(=O)c1nn(C)c(C(F)(F)F)c1Cl. The first-order chi connectivity index (χ1) is 11.6. The van der Waals surface area contributed by atoms with E-state index in [0.717, 1.165) is 17.9 Å². The van der Waals surface area contributed by atoms with Gasteiger partial charge in [0.1, 0.15) is 16.4 Å². The van der Waals surface area contributed by atoms with E-state index >= 15 is 0 Å². The fraction of sp³-hybridized carbons (Fsp3) is 0.385. The zero-order chi connectivity index (χ0) is 18.9. The molecule has 0 aromatic carbocycles. The summed E-state index contributed by atoms with van der Waals surface area (Å²) >= 11 is 5.66. The molecule has 0 aliphatic carbocycles. The number of nitrogens with one attached hydrogen (secondary N) is 1. The molecule has 1 amide bonds. The van der Waals surface area contributed by atoms with Crippen molar-refractivity contribution in [3.05, 3.63) is 28.2 Å². The highest BCUT2D eigenvalue weighted by Crippen LogP contribution is 2.36. The standard InChI is InChI=1S/C13H13ClF3N5O3/c1-4-25-12(24)6-5-18-22(3)10(6)19-11(23)8-7(14)9(13(15,16)17)21(2)20-8/h5H,4H2,1-3H3,(H,19,23). The first-order valence-corrected chi connectivity index (χ1v) is 7.25. The van der Waals surface area contributed by atoms with Crippen LogP contribution in [0.2, 0.25) is 5.02 Å². The maximum atomic E-state index is 12.9. The lowest BCUT2D eigenvalue weighted by atomic mass is 10.3. The number of hydrogen-bond acceptors (Lipinski definition) is 5. The van der Waals surface area contributed by atoms with Crippen molar-refractivity contribution in [2.75, 3.05) is 11.9 Å². The van der Waals surface area contributed by atoms with Crippen LogP contribution in [0.1, 0.15) is 33.5 Å². The highest BCUT2D eigenvalue weighted by molar-refractivity contribution is 6.34. The summed E-state index contributed by atoms with van der Waals surface area (Å²) in [5, 5.41) is 8.76. The average molecular weight is 380 g/mol. The second-order valence-corrected chi connectivity index (χ2v) is 5.22. The Balaban J connectivity index is 2.36. The molecule has 1 N–H and O–H groups in total. The van der Waals surface area contributed by atoms with Gasteiger partial charge >= 0.3 is 12.1 Å². The lowest BCUT2D eigenvalue weighted by Crippen LogP contribution is -2.18. The number of alkyl halides is 3. The number of carbonyl (C=O) groups excluding carboxylic acids is 2. The van der Waals surface area contributed by atoms with Crippen molar-refractivity contribution in [3.63, 3.8) is 0 Å². The number of esters is 1. The molecule has 25 heavy (non-hydrogen) atoms. The molecule has 136 valence electrons. The molecule has 12 heteroatoms. The van der Waals surface area contributed by atoms with Gasteiger partial charge in [-0.25, -0.2) is 4.79 Å². The van der Waals surface area contributed by atoms with E-state index in [1.165, 1.54) is 7.05 Å². The second kappa shape index (κ2) is 6.75. The number of ether oxygens (including phenoxy) is 1. The summed E-state index contributed by atoms with van der Waals surface area (Å²) in [5.74, 6) is -1.82. The van der Waals surface area contributed by atoms with Crippen LogP contribution in [0, 0.1) is 0 Å². The van der Waals surface area contributed by atoms with Gasteiger partial charge in [-0.3, -0.25) is 14.2 Å². The Morgan fingerprint density at radius 2 is 1.96 bits per heavy atom. The van der Waals surface area contributed by atoms with Crippen molar-refractivity contribution in [3.8, 4) is 0 Å². The Labute approximate surface area is 144 Å². The van der Waals surface area contributed by atoms with Gasteiger partial charge in [-0.2, -0.15) is 23.4 Å². The van der Waals surface area contributed by atoms with Gasteiger partial charge in [0.2, 0.25) is 0 Å². The highest BCUT2D eigenvalue weighted by Gasteiger charge is 2.40. The topological polar surface area (TPSA) is 91.0 Å². The third-order valence-corrected chi connectivity index (χ3v) is 3.50. The molecule has 0 saturated carbocycles. The van der Waals surface area contributed by atoms with Crippen LogP contribution in [0.4, 0.5) is 19.0 Å². The van der Waals surface area contributed by atoms with E-state index in [0.29, 0.717) is 4.68 Å². The van der Waals surface area contributed by atoms with Gasteiger partial charge in [-0.1, -0.05) is 11.6 Å².